The Labute approximate surface area is 170 Å². The van der Waals surface area contributed by atoms with Gasteiger partial charge >= 0.3 is 6.09 Å². The minimum absolute atomic E-state index is 0.00338. The third-order valence-electron chi connectivity index (χ3n) is 4.16. The van der Waals surface area contributed by atoms with Crippen LogP contribution >= 0.6 is 0 Å². The molecule has 9 nitrogen and oxygen atoms in total. The third-order valence-corrected chi connectivity index (χ3v) is 5.72. The Morgan fingerprint density at radius 3 is 2.63 bits per heavy atom. The van der Waals surface area contributed by atoms with Crippen LogP contribution in [0.15, 0.2) is 47.8 Å². The highest BCUT2D eigenvalue weighted by Crippen LogP contribution is 2.32. The largest absolute Gasteiger partial charge is 0.481 e. The van der Waals surface area contributed by atoms with Crippen molar-refractivity contribution in [3.8, 4) is 17.1 Å². The minimum atomic E-state index is -4.50. The van der Waals surface area contributed by atoms with Crippen molar-refractivity contribution in [1.82, 2.24) is 18.8 Å². The zero-order valence-electron chi connectivity index (χ0n) is 15.8. The van der Waals surface area contributed by atoms with Crippen LogP contribution in [-0.2, 0) is 16.6 Å². The van der Waals surface area contributed by atoms with Crippen molar-refractivity contribution in [2.24, 2.45) is 0 Å². The maximum Gasteiger partial charge on any atom is 0.407 e. The predicted octanol–water partition coefficient (Wildman–Crippen LogP) is 2.58. The zero-order chi connectivity index (χ0) is 22.1. The van der Waals surface area contributed by atoms with Crippen LogP contribution in [0.3, 0.4) is 0 Å². The fraction of sp³-hybridized carbons (Fsp3) is 0.167. The van der Waals surface area contributed by atoms with Gasteiger partial charge in [0, 0.05) is 31.1 Å². The van der Waals surface area contributed by atoms with E-state index >= 15 is 4.39 Å². The molecule has 0 aliphatic carbocycles. The first kappa shape index (κ1) is 21.2. The van der Waals surface area contributed by atoms with Crippen LogP contribution in [0.1, 0.15) is 5.56 Å². The molecule has 0 unspecified atom stereocenters. The van der Waals surface area contributed by atoms with E-state index in [1.165, 1.54) is 38.4 Å². The van der Waals surface area contributed by atoms with E-state index in [-0.39, 0.29) is 11.4 Å². The minimum Gasteiger partial charge on any atom is -0.481 e. The summed E-state index contributed by atoms with van der Waals surface area (Å²) in [5.41, 5.74) is -1.31. The second kappa shape index (κ2) is 8.06. The molecule has 0 spiro atoms. The maximum absolute atomic E-state index is 15.2. The topological polar surface area (TPSA) is 115 Å². The summed E-state index contributed by atoms with van der Waals surface area (Å²) >= 11 is 0. The SMILES string of the molecule is COc1cccc(S(=O)(=O)n2cc(CN(C)C(=O)O)c(F)c2-c2cccnc2F)n1. The molecule has 0 bridgehead atoms. The van der Waals surface area contributed by atoms with E-state index in [1.807, 2.05) is 0 Å². The number of amides is 1. The molecular formula is C18H16F2N4O5S. The van der Waals surface area contributed by atoms with E-state index in [2.05, 4.69) is 9.97 Å². The average molecular weight is 438 g/mol. The third kappa shape index (κ3) is 3.81. The summed E-state index contributed by atoms with van der Waals surface area (Å²) in [4.78, 5) is 19.2. The Hall–Kier alpha value is -3.54. The monoisotopic (exact) mass is 438 g/mol. The van der Waals surface area contributed by atoms with Gasteiger partial charge in [-0.1, -0.05) is 6.07 Å². The molecule has 0 aliphatic heterocycles. The van der Waals surface area contributed by atoms with E-state index in [9.17, 15) is 17.6 Å². The molecule has 3 rings (SSSR count). The Kier molecular flexibility index (Phi) is 5.69. The van der Waals surface area contributed by atoms with Gasteiger partial charge in [-0.15, -0.1) is 0 Å². The van der Waals surface area contributed by atoms with Gasteiger partial charge in [-0.2, -0.15) is 17.8 Å². The van der Waals surface area contributed by atoms with Gasteiger partial charge in [0.2, 0.25) is 11.8 Å². The molecular weight excluding hydrogens is 422 g/mol. The molecule has 0 saturated carbocycles. The summed E-state index contributed by atoms with van der Waals surface area (Å²) in [6, 6.07) is 6.44. The molecule has 30 heavy (non-hydrogen) atoms. The zero-order valence-corrected chi connectivity index (χ0v) is 16.6. The number of ether oxygens (including phenoxy) is 1. The summed E-state index contributed by atoms with van der Waals surface area (Å²) in [6.07, 6.45) is 0.669. The van der Waals surface area contributed by atoms with Crippen LogP contribution in [0.4, 0.5) is 13.6 Å². The van der Waals surface area contributed by atoms with E-state index in [0.717, 1.165) is 23.4 Å². The first-order chi connectivity index (χ1) is 14.2. The lowest BCUT2D eigenvalue weighted by molar-refractivity contribution is 0.153. The number of hydrogen-bond donors (Lipinski definition) is 1. The predicted molar refractivity (Wildman–Crippen MR) is 100 cm³/mol. The smallest absolute Gasteiger partial charge is 0.407 e. The van der Waals surface area contributed by atoms with Crippen molar-refractivity contribution in [1.29, 1.82) is 0 Å². The standard InChI is InChI=1S/C18H16F2N4O5S/c1-23(18(25)26)9-11-10-24(16(15(11)19)12-5-4-8-21-17(12)20)30(27,28)14-7-3-6-13(22-14)29-2/h3-8,10H,9H2,1-2H3,(H,25,26). The van der Waals surface area contributed by atoms with Crippen molar-refractivity contribution >= 4 is 16.1 Å². The van der Waals surface area contributed by atoms with Crippen molar-refractivity contribution in [3.05, 3.63) is 60.1 Å². The van der Waals surface area contributed by atoms with Crippen molar-refractivity contribution in [2.45, 2.75) is 11.6 Å². The van der Waals surface area contributed by atoms with Crippen molar-refractivity contribution < 1.29 is 31.8 Å². The second-order valence-corrected chi connectivity index (χ2v) is 7.88. The van der Waals surface area contributed by atoms with Gasteiger partial charge in [-0.3, -0.25) is 0 Å². The summed E-state index contributed by atoms with van der Waals surface area (Å²) in [7, 11) is -2.02. The lowest BCUT2D eigenvalue weighted by atomic mass is 10.2. The summed E-state index contributed by atoms with van der Waals surface area (Å²) in [5, 5.41) is 8.58. The molecule has 0 fully saturated rings. The molecule has 158 valence electrons. The van der Waals surface area contributed by atoms with Gasteiger partial charge in [0.25, 0.3) is 10.0 Å². The van der Waals surface area contributed by atoms with Gasteiger partial charge in [-0.05, 0) is 18.2 Å². The van der Waals surface area contributed by atoms with Crippen LogP contribution in [-0.4, -0.2) is 52.6 Å². The molecule has 12 heteroatoms. The molecule has 0 aromatic carbocycles. The molecule has 3 heterocycles. The van der Waals surface area contributed by atoms with Gasteiger partial charge < -0.3 is 14.7 Å². The average Bonchev–Trinajstić information content (AvgIpc) is 3.05. The lowest BCUT2D eigenvalue weighted by Crippen LogP contribution is -2.24. The molecule has 0 atom stereocenters. The number of nitrogens with zero attached hydrogens (tertiary/aromatic N) is 4. The Bertz CT molecular complexity index is 1210. The molecule has 0 radical (unpaired) electrons. The number of aromatic nitrogens is 3. The van der Waals surface area contributed by atoms with Gasteiger partial charge in [-0.25, -0.2) is 18.1 Å². The Balaban J connectivity index is 2.27. The number of carbonyl (C=O) groups is 1. The number of hydrogen-bond acceptors (Lipinski definition) is 6. The molecule has 0 saturated heterocycles. The van der Waals surface area contributed by atoms with Crippen molar-refractivity contribution in [3.63, 3.8) is 0 Å². The van der Waals surface area contributed by atoms with E-state index in [4.69, 9.17) is 9.84 Å². The summed E-state index contributed by atoms with van der Waals surface area (Å²) in [6.45, 7) is -0.468. The molecule has 3 aromatic rings. The van der Waals surface area contributed by atoms with Crippen LogP contribution < -0.4 is 4.74 Å². The number of methoxy groups -OCH3 is 1. The maximum atomic E-state index is 15.2. The first-order valence-corrected chi connectivity index (χ1v) is 9.82. The van der Waals surface area contributed by atoms with Gasteiger partial charge in [0.15, 0.2) is 10.8 Å². The highest BCUT2D eigenvalue weighted by molar-refractivity contribution is 7.90. The second-order valence-electron chi connectivity index (χ2n) is 6.12. The number of pyridine rings is 2. The molecule has 0 aliphatic rings. The number of halogens is 2. The number of carboxylic acid groups (broad SMARTS) is 1. The van der Waals surface area contributed by atoms with Crippen LogP contribution in [0.2, 0.25) is 0 Å². The van der Waals surface area contributed by atoms with Crippen LogP contribution in [0.25, 0.3) is 11.3 Å². The highest BCUT2D eigenvalue weighted by Gasteiger charge is 2.30. The molecule has 3 aromatic heterocycles. The van der Waals surface area contributed by atoms with E-state index < -0.39 is 50.7 Å². The van der Waals surface area contributed by atoms with E-state index in [0.29, 0.717) is 3.97 Å². The highest BCUT2D eigenvalue weighted by atomic mass is 32.2. The quantitative estimate of drug-likeness (QED) is 0.588. The molecule has 1 N–H and O–H groups in total. The van der Waals surface area contributed by atoms with Crippen LogP contribution in [0.5, 0.6) is 5.88 Å². The fourth-order valence-electron chi connectivity index (χ4n) is 2.69. The Morgan fingerprint density at radius 2 is 2.00 bits per heavy atom. The number of rotatable bonds is 6. The van der Waals surface area contributed by atoms with E-state index in [1.54, 1.807) is 0 Å². The Morgan fingerprint density at radius 1 is 1.27 bits per heavy atom. The van der Waals surface area contributed by atoms with Crippen molar-refractivity contribution in [2.75, 3.05) is 14.2 Å². The normalized spacial score (nSPS) is 11.3. The van der Waals surface area contributed by atoms with Gasteiger partial charge in [0.1, 0.15) is 5.69 Å². The lowest BCUT2D eigenvalue weighted by Gasteiger charge is -2.11. The fourth-order valence-corrected chi connectivity index (χ4v) is 4.03. The van der Waals surface area contributed by atoms with Gasteiger partial charge in [0.05, 0.1) is 19.2 Å². The molecule has 1 amide bonds. The summed E-state index contributed by atoms with van der Waals surface area (Å²) < 4.78 is 61.4. The summed E-state index contributed by atoms with van der Waals surface area (Å²) in [5.74, 6) is -2.19. The van der Waals surface area contributed by atoms with Crippen LogP contribution in [0, 0.1) is 11.8 Å². The first-order valence-electron chi connectivity index (χ1n) is 8.38.